The summed E-state index contributed by atoms with van der Waals surface area (Å²) in [6.45, 7) is 1.69. The van der Waals surface area contributed by atoms with E-state index in [0.29, 0.717) is 11.0 Å². The first kappa shape index (κ1) is 19.4. The van der Waals surface area contributed by atoms with Gasteiger partial charge in [-0.15, -0.1) is 0 Å². The van der Waals surface area contributed by atoms with Crippen molar-refractivity contribution < 1.29 is 24.2 Å². The number of esters is 1. The van der Waals surface area contributed by atoms with Gasteiger partial charge in [0.25, 0.3) is 5.91 Å². The van der Waals surface area contributed by atoms with Crippen LogP contribution in [-0.4, -0.2) is 39.0 Å². The zero-order valence-corrected chi connectivity index (χ0v) is 15.5. The molecule has 0 fully saturated rings. The van der Waals surface area contributed by atoms with Gasteiger partial charge in [0.15, 0.2) is 6.10 Å². The van der Waals surface area contributed by atoms with Crippen LogP contribution >= 0.6 is 11.6 Å². The maximum atomic E-state index is 12.5. The number of aromatic amines is 1. The Kier molecular flexibility index (Phi) is 5.60. The molecular formula is C19H16ClN3O5. The number of carboxylic acids is 1. The smallest absolute Gasteiger partial charge is 0.338 e. The predicted molar refractivity (Wildman–Crippen MR) is 103 cm³/mol. The summed E-state index contributed by atoms with van der Waals surface area (Å²) in [5, 5.41) is 11.7. The number of nitrogens with zero attached hydrogens (tertiary/aromatic N) is 1. The molecule has 28 heavy (non-hydrogen) atoms. The van der Waals surface area contributed by atoms with Crippen LogP contribution in [0.15, 0.2) is 42.7 Å². The summed E-state index contributed by atoms with van der Waals surface area (Å²) in [7, 11) is 0. The maximum Gasteiger partial charge on any atom is 0.338 e. The summed E-state index contributed by atoms with van der Waals surface area (Å²) in [5.74, 6) is -2.42. The number of imidazole rings is 1. The van der Waals surface area contributed by atoms with E-state index < -0.39 is 23.9 Å². The largest absolute Gasteiger partial charge is 0.478 e. The molecular weight excluding hydrogens is 386 g/mol. The van der Waals surface area contributed by atoms with Crippen molar-refractivity contribution in [3.8, 4) is 0 Å². The van der Waals surface area contributed by atoms with Crippen LogP contribution in [0.3, 0.4) is 0 Å². The van der Waals surface area contributed by atoms with E-state index in [2.05, 4.69) is 15.3 Å². The summed E-state index contributed by atoms with van der Waals surface area (Å²) >= 11 is 6.01. The Bertz CT molecular complexity index is 1060. The van der Waals surface area contributed by atoms with Crippen LogP contribution < -0.4 is 5.32 Å². The molecule has 0 radical (unpaired) electrons. The molecule has 0 saturated carbocycles. The van der Waals surface area contributed by atoms with Gasteiger partial charge in [-0.2, -0.15) is 0 Å². The van der Waals surface area contributed by atoms with Crippen molar-refractivity contribution in [3.63, 3.8) is 0 Å². The lowest BCUT2D eigenvalue weighted by Gasteiger charge is -2.17. The van der Waals surface area contributed by atoms with Gasteiger partial charge in [0.05, 0.1) is 39.2 Å². The highest BCUT2D eigenvalue weighted by molar-refractivity contribution is 6.34. The highest BCUT2D eigenvalue weighted by atomic mass is 35.5. The number of anilines is 1. The number of carbonyl (C=O) groups excluding carboxylic acids is 2. The van der Waals surface area contributed by atoms with Gasteiger partial charge in [-0.1, -0.05) is 18.5 Å². The molecule has 1 unspecified atom stereocenters. The standard InChI is InChI=1S/C19H16ClN3O5/c1-2-16(17(24)23-14-7-10(18(25)26)3-5-12(14)20)28-19(27)11-4-6-13-15(8-11)22-9-21-13/h3-9,16H,2H2,1H3,(H,21,22)(H,23,24)(H,25,26). The zero-order valence-electron chi connectivity index (χ0n) is 14.7. The minimum atomic E-state index is -1.15. The SMILES string of the molecule is CCC(OC(=O)c1ccc2nc[nH]c2c1)C(=O)Nc1cc(C(=O)O)ccc1Cl. The van der Waals surface area contributed by atoms with Crippen molar-refractivity contribution in [2.24, 2.45) is 0 Å². The fraction of sp³-hybridized carbons (Fsp3) is 0.158. The number of H-pyrrole nitrogens is 1. The highest BCUT2D eigenvalue weighted by Gasteiger charge is 2.23. The second-order valence-electron chi connectivity index (χ2n) is 5.93. The minimum Gasteiger partial charge on any atom is -0.478 e. The average molecular weight is 402 g/mol. The van der Waals surface area contributed by atoms with E-state index in [1.165, 1.54) is 24.5 Å². The summed E-state index contributed by atoms with van der Waals surface area (Å²) in [6, 6.07) is 8.74. The number of halogens is 1. The number of rotatable bonds is 6. The predicted octanol–water partition coefficient (Wildman–Crippen LogP) is 3.49. The Morgan fingerprint density at radius 3 is 2.68 bits per heavy atom. The monoisotopic (exact) mass is 401 g/mol. The van der Waals surface area contributed by atoms with Crippen LogP contribution in [0, 0.1) is 0 Å². The van der Waals surface area contributed by atoms with E-state index in [1.54, 1.807) is 25.1 Å². The number of hydrogen-bond donors (Lipinski definition) is 3. The average Bonchev–Trinajstić information content (AvgIpc) is 3.15. The quantitative estimate of drug-likeness (QED) is 0.543. The molecule has 144 valence electrons. The third kappa shape index (κ3) is 4.12. The molecule has 1 heterocycles. The van der Waals surface area contributed by atoms with Crippen molar-refractivity contribution in [3.05, 3.63) is 58.9 Å². The summed E-state index contributed by atoms with van der Waals surface area (Å²) in [5.41, 5.74) is 1.74. The molecule has 3 aromatic rings. The van der Waals surface area contributed by atoms with Crippen molar-refractivity contribution in [2.75, 3.05) is 5.32 Å². The Morgan fingerprint density at radius 2 is 1.96 bits per heavy atom. The van der Waals surface area contributed by atoms with Crippen LogP contribution in [-0.2, 0) is 9.53 Å². The second-order valence-corrected chi connectivity index (χ2v) is 6.33. The Labute approximate surface area is 164 Å². The third-order valence-corrected chi connectivity index (χ3v) is 4.37. The molecule has 9 heteroatoms. The van der Waals surface area contributed by atoms with Crippen LogP contribution in [0.25, 0.3) is 11.0 Å². The van der Waals surface area contributed by atoms with E-state index in [0.717, 1.165) is 0 Å². The number of nitrogens with one attached hydrogen (secondary N) is 2. The van der Waals surface area contributed by atoms with Crippen LogP contribution in [0.5, 0.6) is 0 Å². The van der Waals surface area contributed by atoms with Crippen molar-refractivity contribution in [2.45, 2.75) is 19.4 Å². The van der Waals surface area contributed by atoms with Gasteiger partial charge in [0.1, 0.15) is 0 Å². The Morgan fingerprint density at radius 1 is 1.21 bits per heavy atom. The van der Waals surface area contributed by atoms with Gasteiger partial charge >= 0.3 is 11.9 Å². The van der Waals surface area contributed by atoms with E-state index in [4.69, 9.17) is 21.4 Å². The van der Waals surface area contributed by atoms with Crippen molar-refractivity contribution in [1.29, 1.82) is 0 Å². The van der Waals surface area contributed by atoms with Crippen molar-refractivity contribution in [1.82, 2.24) is 9.97 Å². The summed E-state index contributed by atoms with van der Waals surface area (Å²) in [6.07, 6.45) is 0.659. The highest BCUT2D eigenvalue weighted by Crippen LogP contribution is 2.24. The minimum absolute atomic E-state index is 0.0300. The number of hydrogen-bond acceptors (Lipinski definition) is 5. The number of carboxylic acid groups (broad SMARTS) is 1. The number of aromatic carboxylic acids is 1. The van der Waals surface area contributed by atoms with Crippen LogP contribution in [0.1, 0.15) is 34.1 Å². The van der Waals surface area contributed by atoms with Gasteiger partial charge in [-0.3, -0.25) is 4.79 Å². The topological polar surface area (TPSA) is 121 Å². The molecule has 2 aromatic carbocycles. The van der Waals surface area contributed by atoms with Crippen LogP contribution in [0.2, 0.25) is 5.02 Å². The maximum absolute atomic E-state index is 12.5. The Balaban J connectivity index is 1.73. The molecule has 3 rings (SSSR count). The lowest BCUT2D eigenvalue weighted by atomic mass is 10.1. The van der Waals surface area contributed by atoms with Gasteiger partial charge < -0.3 is 20.1 Å². The summed E-state index contributed by atoms with van der Waals surface area (Å²) in [4.78, 5) is 43.0. The van der Waals surface area contributed by atoms with E-state index in [-0.39, 0.29) is 28.3 Å². The van der Waals surface area contributed by atoms with Gasteiger partial charge in [0, 0.05) is 0 Å². The first-order chi connectivity index (χ1) is 13.4. The number of amides is 1. The summed E-state index contributed by atoms with van der Waals surface area (Å²) < 4.78 is 5.32. The van der Waals surface area contributed by atoms with E-state index in [1.807, 2.05) is 0 Å². The molecule has 0 bridgehead atoms. The van der Waals surface area contributed by atoms with E-state index >= 15 is 0 Å². The molecule has 8 nitrogen and oxygen atoms in total. The van der Waals surface area contributed by atoms with Crippen molar-refractivity contribution >= 4 is 46.2 Å². The van der Waals surface area contributed by atoms with Crippen LogP contribution in [0.4, 0.5) is 5.69 Å². The fourth-order valence-electron chi connectivity index (χ4n) is 2.55. The van der Waals surface area contributed by atoms with E-state index in [9.17, 15) is 14.4 Å². The molecule has 1 aromatic heterocycles. The fourth-order valence-corrected chi connectivity index (χ4v) is 2.71. The molecule has 1 amide bonds. The van der Waals surface area contributed by atoms with Gasteiger partial charge in [-0.05, 0) is 42.8 Å². The Hall–Kier alpha value is -3.39. The lowest BCUT2D eigenvalue weighted by molar-refractivity contribution is -0.124. The third-order valence-electron chi connectivity index (χ3n) is 4.04. The zero-order chi connectivity index (χ0) is 20.3. The lowest BCUT2D eigenvalue weighted by Crippen LogP contribution is -2.32. The molecule has 3 N–H and O–H groups in total. The molecule has 1 atom stereocenters. The molecule has 0 aliphatic rings. The molecule has 0 aliphatic carbocycles. The van der Waals surface area contributed by atoms with Gasteiger partial charge in [0.2, 0.25) is 0 Å². The van der Waals surface area contributed by atoms with Gasteiger partial charge in [-0.25, -0.2) is 14.6 Å². The second kappa shape index (κ2) is 8.10. The number of fused-ring (bicyclic) bond motifs is 1. The first-order valence-electron chi connectivity index (χ1n) is 8.37. The molecule has 0 aliphatic heterocycles. The first-order valence-corrected chi connectivity index (χ1v) is 8.74. The number of aromatic nitrogens is 2. The number of carbonyl (C=O) groups is 3. The molecule has 0 saturated heterocycles. The number of benzene rings is 2. The normalized spacial score (nSPS) is 11.8. The molecule has 0 spiro atoms. The number of ether oxygens (including phenoxy) is 1.